The minimum absolute atomic E-state index is 0.0368. The Bertz CT molecular complexity index is 391. The van der Waals surface area contributed by atoms with Crippen LogP contribution in [-0.2, 0) is 6.54 Å². The zero-order valence-corrected chi connectivity index (χ0v) is 9.10. The van der Waals surface area contributed by atoms with Crippen LogP contribution in [0.5, 0.6) is 5.75 Å². The number of ether oxygens (including phenoxy) is 1. The van der Waals surface area contributed by atoms with Crippen molar-refractivity contribution in [3.63, 3.8) is 0 Å². The third-order valence-electron chi connectivity index (χ3n) is 2.02. The summed E-state index contributed by atoms with van der Waals surface area (Å²) in [5.41, 5.74) is 0.850. The Hall–Kier alpha value is -1.88. The molecular weight excluding hydrogens is 208 g/mol. The molecule has 5 nitrogen and oxygen atoms in total. The third kappa shape index (κ3) is 3.36. The van der Waals surface area contributed by atoms with Gasteiger partial charge in [0.05, 0.1) is 18.1 Å². The molecular formula is C11H14N2O3. The summed E-state index contributed by atoms with van der Waals surface area (Å²) >= 11 is 0. The van der Waals surface area contributed by atoms with Crippen molar-refractivity contribution in [3.05, 3.63) is 46.5 Å². The summed E-state index contributed by atoms with van der Waals surface area (Å²) in [7, 11) is 1.49. The van der Waals surface area contributed by atoms with Crippen LogP contribution in [0.3, 0.4) is 0 Å². The highest BCUT2D eigenvalue weighted by Crippen LogP contribution is 2.22. The third-order valence-corrected chi connectivity index (χ3v) is 2.02. The van der Waals surface area contributed by atoms with Crippen molar-refractivity contribution >= 4 is 5.69 Å². The molecule has 0 aliphatic carbocycles. The molecule has 1 N–H and O–H groups in total. The summed E-state index contributed by atoms with van der Waals surface area (Å²) < 4.78 is 5.00. The highest BCUT2D eigenvalue weighted by Gasteiger charge is 2.09. The summed E-state index contributed by atoms with van der Waals surface area (Å²) in [5.74, 6) is 0.490. The van der Waals surface area contributed by atoms with E-state index in [9.17, 15) is 10.1 Å². The fraction of sp³-hybridized carbons (Fsp3) is 0.273. The van der Waals surface area contributed by atoms with Crippen LogP contribution in [0.25, 0.3) is 0 Å². The van der Waals surface area contributed by atoms with E-state index in [1.54, 1.807) is 12.1 Å². The highest BCUT2D eigenvalue weighted by atomic mass is 16.6. The molecule has 0 heterocycles. The number of benzene rings is 1. The maximum absolute atomic E-state index is 10.7. The lowest BCUT2D eigenvalue weighted by Gasteiger charge is -2.05. The summed E-state index contributed by atoms with van der Waals surface area (Å²) in [5, 5.41) is 13.7. The number of methoxy groups -OCH3 is 1. The summed E-state index contributed by atoms with van der Waals surface area (Å²) in [6.45, 7) is 4.78. The minimum atomic E-state index is -0.431. The summed E-state index contributed by atoms with van der Waals surface area (Å²) in [6.07, 6.45) is 1.73. The summed E-state index contributed by atoms with van der Waals surface area (Å²) in [6, 6.07) is 4.69. The number of nitro benzene ring substituents is 1. The van der Waals surface area contributed by atoms with Crippen LogP contribution in [0, 0.1) is 10.1 Å². The minimum Gasteiger partial charge on any atom is -0.496 e. The molecule has 0 unspecified atom stereocenters. The molecule has 0 amide bonds. The smallest absolute Gasteiger partial charge is 0.273 e. The van der Waals surface area contributed by atoms with Crippen molar-refractivity contribution in [2.75, 3.05) is 13.7 Å². The molecule has 86 valence electrons. The van der Waals surface area contributed by atoms with E-state index < -0.39 is 4.92 Å². The van der Waals surface area contributed by atoms with Gasteiger partial charge in [-0.3, -0.25) is 10.1 Å². The number of nitrogens with one attached hydrogen (secondary N) is 1. The average molecular weight is 222 g/mol. The monoisotopic (exact) mass is 222 g/mol. The van der Waals surface area contributed by atoms with Crippen molar-refractivity contribution in [2.45, 2.75) is 6.54 Å². The zero-order valence-electron chi connectivity index (χ0n) is 9.10. The number of hydrogen-bond donors (Lipinski definition) is 1. The van der Waals surface area contributed by atoms with Crippen molar-refractivity contribution in [3.8, 4) is 5.75 Å². The van der Waals surface area contributed by atoms with E-state index in [1.807, 2.05) is 0 Å². The maximum atomic E-state index is 10.7. The normalized spacial score (nSPS) is 9.81. The van der Waals surface area contributed by atoms with Crippen LogP contribution in [0.2, 0.25) is 0 Å². The van der Waals surface area contributed by atoms with E-state index >= 15 is 0 Å². The molecule has 0 atom stereocenters. The van der Waals surface area contributed by atoms with Crippen LogP contribution in [0.15, 0.2) is 30.9 Å². The molecule has 1 aromatic rings. The van der Waals surface area contributed by atoms with Gasteiger partial charge in [0.25, 0.3) is 5.69 Å². The highest BCUT2D eigenvalue weighted by molar-refractivity contribution is 5.42. The molecule has 1 rings (SSSR count). The lowest BCUT2D eigenvalue weighted by Crippen LogP contribution is -2.12. The molecule has 0 aliphatic heterocycles. The molecule has 0 fully saturated rings. The molecule has 16 heavy (non-hydrogen) atoms. The van der Waals surface area contributed by atoms with Gasteiger partial charge in [0, 0.05) is 19.2 Å². The van der Waals surface area contributed by atoms with Gasteiger partial charge in [-0.25, -0.2) is 0 Å². The van der Waals surface area contributed by atoms with Crippen LogP contribution >= 0.6 is 0 Å². The lowest BCUT2D eigenvalue weighted by molar-refractivity contribution is -0.385. The quantitative estimate of drug-likeness (QED) is 0.345. The van der Waals surface area contributed by atoms with Crippen molar-refractivity contribution in [1.82, 2.24) is 5.32 Å². The van der Waals surface area contributed by atoms with Crippen molar-refractivity contribution in [1.29, 1.82) is 0 Å². The Morgan fingerprint density at radius 3 is 2.88 bits per heavy atom. The van der Waals surface area contributed by atoms with Gasteiger partial charge >= 0.3 is 0 Å². The van der Waals surface area contributed by atoms with Gasteiger partial charge in [0.15, 0.2) is 0 Å². The van der Waals surface area contributed by atoms with E-state index in [4.69, 9.17) is 4.74 Å². The van der Waals surface area contributed by atoms with Crippen molar-refractivity contribution in [2.24, 2.45) is 0 Å². The largest absolute Gasteiger partial charge is 0.496 e. The van der Waals surface area contributed by atoms with Gasteiger partial charge in [-0.05, 0) is 11.6 Å². The first-order valence-corrected chi connectivity index (χ1v) is 4.81. The first-order valence-electron chi connectivity index (χ1n) is 4.81. The van der Waals surface area contributed by atoms with E-state index in [0.29, 0.717) is 18.8 Å². The second-order valence-corrected chi connectivity index (χ2v) is 3.22. The lowest BCUT2D eigenvalue weighted by atomic mass is 10.2. The van der Waals surface area contributed by atoms with Crippen molar-refractivity contribution < 1.29 is 9.66 Å². The number of nitrogens with zero attached hydrogens (tertiary/aromatic N) is 1. The van der Waals surface area contributed by atoms with Gasteiger partial charge in [0.1, 0.15) is 5.75 Å². The summed E-state index contributed by atoms with van der Waals surface area (Å²) in [4.78, 5) is 10.2. The van der Waals surface area contributed by atoms with E-state index in [0.717, 1.165) is 5.56 Å². The predicted octanol–water partition coefficient (Wildman–Crippen LogP) is 1.88. The first kappa shape index (κ1) is 12.2. The number of non-ortho nitro benzene ring substituents is 1. The molecule has 0 aliphatic rings. The van der Waals surface area contributed by atoms with Gasteiger partial charge in [0.2, 0.25) is 0 Å². The second kappa shape index (κ2) is 5.87. The van der Waals surface area contributed by atoms with Crippen LogP contribution in [0.1, 0.15) is 5.56 Å². The Kier molecular flexibility index (Phi) is 4.47. The fourth-order valence-electron chi connectivity index (χ4n) is 1.29. The number of rotatable bonds is 6. The molecule has 0 saturated heterocycles. The van der Waals surface area contributed by atoms with E-state index in [-0.39, 0.29) is 5.69 Å². The molecule has 5 heteroatoms. The second-order valence-electron chi connectivity index (χ2n) is 3.22. The maximum Gasteiger partial charge on any atom is 0.273 e. The molecule has 0 aromatic heterocycles. The zero-order chi connectivity index (χ0) is 12.0. The standard InChI is InChI=1S/C11H14N2O3/c1-3-4-12-8-9-5-10(13(14)15)7-11(6-9)16-2/h3,5-7,12H,1,4,8H2,2H3. The topological polar surface area (TPSA) is 64.4 Å². The van der Waals surface area contributed by atoms with E-state index in [2.05, 4.69) is 11.9 Å². The predicted molar refractivity (Wildman–Crippen MR) is 61.6 cm³/mol. The van der Waals surface area contributed by atoms with E-state index in [1.165, 1.54) is 19.2 Å². The molecule has 0 spiro atoms. The van der Waals surface area contributed by atoms with Gasteiger partial charge in [-0.15, -0.1) is 6.58 Å². The Morgan fingerprint density at radius 1 is 1.56 bits per heavy atom. The first-order chi connectivity index (χ1) is 7.67. The van der Waals surface area contributed by atoms with Gasteiger partial charge in [-0.1, -0.05) is 6.08 Å². The van der Waals surface area contributed by atoms with Crippen LogP contribution in [0.4, 0.5) is 5.69 Å². The fourth-order valence-corrected chi connectivity index (χ4v) is 1.29. The Balaban J connectivity index is 2.86. The molecule has 0 radical (unpaired) electrons. The molecule has 0 bridgehead atoms. The number of hydrogen-bond acceptors (Lipinski definition) is 4. The van der Waals surface area contributed by atoms with Gasteiger partial charge in [-0.2, -0.15) is 0 Å². The van der Waals surface area contributed by atoms with Gasteiger partial charge < -0.3 is 10.1 Å². The molecule has 1 aromatic carbocycles. The average Bonchev–Trinajstić information content (AvgIpc) is 2.29. The van der Waals surface area contributed by atoms with Crippen LogP contribution in [-0.4, -0.2) is 18.6 Å². The molecule has 0 saturated carbocycles. The van der Waals surface area contributed by atoms with Crippen LogP contribution < -0.4 is 10.1 Å². The Labute approximate surface area is 93.9 Å². The number of nitro groups is 1. The SMILES string of the molecule is C=CCNCc1cc(OC)cc([N+](=O)[O-])c1. The Morgan fingerprint density at radius 2 is 2.31 bits per heavy atom.